The molecule has 10 heteroatoms. The molecule has 0 saturated heterocycles. The molecule has 0 amide bonds. The molecule has 2 aromatic rings. The molecule has 0 bridgehead atoms. The quantitative estimate of drug-likeness (QED) is 0.712. The van der Waals surface area contributed by atoms with E-state index in [1.54, 1.807) is 0 Å². The maximum Gasteiger partial charge on any atom is 0.359 e. The van der Waals surface area contributed by atoms with Crippen molar-refractivity contribution in [2.45, 2.75) is 11.8 Å². The fourth-order valence-electron chi connectivity index (χ4n) is 2.17. The van der Waals surface area contributed by atoms with Crippen LogP contribution in [0.1, 0.15) is 6.92 Å². The van der Waals surface area contributed by atoms with Crippen LogP contribution >= 0.6 is 0 Å². The smallest absolute Gasteiger partial charge is 0.359 e. The minimum atomic E-state index is -4.56. The Morgan fingerprint density at radius 1 is 1.09 bits per heavy atom. The molecule has 0 radical (unpaired) electrons. The maximum absolute atomic E-state index is 11.4. The number of hydrogen-bond donors (Lipinski definition) is 3. The van der Waals surface area contributed by atoms with Crippen LogP contribution in [0.4, 0.5) is 5.69 Å². The summed E-state index contributed by atoms with van der Waals surface area (Å²) < 4.78 is 64.1. The molecule has 22 heavy (non-hydrogen) atoms. The van der Waals surface area contributed by atoms with Gasteiger partial charge in [0.15, 0.2) is 0 Å². The normalized spacial score (nSPS) is 12.5. The van der Waals surface area contributed by atoms with Crippen LogP contribution < -0.4 is 4.31 Å². The summed E-state index contributed by atoms with van der Waals surface area (Å²) in [5.74, 6) is -0.539. The van der Waals surface area contributed by atoms with Gasteiger partial charge in [-0.2, -0.15) is 16.8 Å². The van der Waals surface area contributed by atoms with Gasteiger partial charge in [-0.15, -0.1) is 0 Å². The van der Waals surface area contributed by atoms with E-state index < -0.39 is 31.1 Å². The first-order valence-corrected chi connectivity index (χ1v) is 8.87. The van der Waals surface area contributed by atoms with E-state index in [0.717, 1.165) is 12.1 Å². The van der Waals surface area contributed by atoms with Crippen LogP contribution in [0.2, 0.25) is 0 Å². The van der Waals surface area contributed by atoms with E-state index in [9.17, 15) is 26.5 Å². The zero-order valence-corrected chi connectivity index (χ0v) is 13.0. The SMILES string of the molecule is CCN(c1cccc2cc(S(=O)(=O)O)cc(O)c12)S(=O)(=O)O. The highest BCUT2D eigenvalue weighted by molar-refractivity contribution is 7.87. The number of aromatic hydroxyl groups is 1. The van der Waals surface area contributed by atoms with Gasteiger partial charge in [0.2, 0.25) is 0 Å². The van der Waals surface area contributed by atoms with E-state index in [4.69, 9.17) is 4.55 Å². The first-order valence-electron chi connectivity index (χ1n) is 6.04. The van der Waals surface area contributed by atoms with Crippen molar-refractivity contribution >= 4 is 36.9 Å². The summed E-state index contributed by atoms with van der Waals surface area (Å²) in [6.45, 7) is 1.38. The molecule has 2 aromatic carbocycles. The van der Waals surface area contributed by atoms with Gasteiger partial charge in [0, 0.05) is 18.0 Å². The van der Waals surface area contributed by atoms with Crippen molar-refractivity contribution in [2.75, 3.05) is 10.8 Å². The molecule has 0 aliphatic rings. The Bertz CT molecular complexity index is 935. The number of phenolic OH excluding ortho intramolecular Hbond substituents is 1. The van der Waals surface area contributed by atoms with Crippen LogP contribution in [0.25, 0.3) is 10.8 Å². The van der Waals surface area contributed by atoms with Crippen molar-refractivity contribution in [2.24, 2.45) is 0 Å². The van der Waals surface area contributed by atoms with Crippen molar-refractivity contribution < 1.29 is 31.0 Å². The summed E-state index contributed by atoms with van der Waals surface area (Å²) in [5, 5.41) is 10.3. The van der Waals surface area contributed by atoms with Crippen molar-refractivity contribution in [3.63, 3.8) is 0 Å². The van der Waals surface area contributed by atoms with Gasteiger partial charge >= 0.3 is 10.3 Å². The van der Waals surface area contributed by atoms with Crippen LogP contribution in [-0.4, -0.2) is 37.6 Å². The fourth-order valence-corrected chi connectivity index (χ4v) is 3.44. The first-order chi connectivity index (χ1) is 10.1. The molecule has 0 heterocycles. The van der Waals surface area contributed by atoms with Gasteiger partial charge in [-0.05, 0) is 24.4 Å². The Morgan fingerprint density at radius 2 is 1.73 bits per heavy atom. The third-order valence-electron chi connectivity index (χ3n) is 3.04. The Hall–Kier alpha value is -1.88. The molecule has 120 valence electrons. The molecule has 0 aliphatic carbocycles. The molecule has 0 unspecified atom stereocenters. The van der Waals surface area contributed by atoms with E-state index >= 15 is 0 Å². The summed E-state index contributed by atoms with van der Waals surface area (Å²) in [4.78, 5) is -0.524. The topological polar surface area (TPSA) is 132 Å². The van der Waals surface area contributed by atoms with Crippen molar-refractivity contribution in [1.82, 2.24) is 0 Å². The standard InChI is InChI=1S/C12H13NO7S2/c1-2-13(22(18,19)20)10-5-3-4-8-6-9(21(15,16)17)7-11(14)12(8)10/h3-7,14H,2H2,1H3,(H,15,16,17)(H,18,19,20). The second kappa shape index (κ2) is 5.39. The van der Waals surface area contributed by atoms with Crippen molar-refractivity contribution in [3.8, 4) is 5.75 Å². The van der Waals surface area contributed by atoms with Crippen LogP contribution in [-0.2, 0) is 20.4 Å². The zero-order chi connectivity index (χ0) is 16.7. The highest BCUT2D eigenvalue weighted by Gasteiger charge is 2.22. The second-order valence-corrected chi connectivity index (χ2v) is 7.19. The Kier molecular flexibility index (Phi) is 4.04. The summed E-state index contributed by atoms with van der Waals surface area (Å²) >= 11 is 0. The van der Waals surface area contributed by atoms with Gasteiger partial charge in [0.05, 0.1) is 10.6 Å². The number of anilines is 1. The third kappa shape index (κ3) is 2.99. The predicted molar refractivity (Wildman–Crippen MR) is 80.0 cm³/mol. The lowest BCUT2D eigenvalue weighted by Crippen LogP contribution is -2.30. The number of nitrogens with zero attached hydrogens (tertiary/aromatic N) is 1. The average Bonchev–Trinajstić information content (AvgIpc) is 2.36. The summed E-state index contributed by atoms with van der Waals surface area (Å²) in [5.41, 5.74) is -0.0121. The second-order valence-electron chi connectivity index (χ2n) is 4.44. The van der Waals surface area contributed by atoms with Gasteiger partial charge in [0.25, 0.3) is 10.1 Å². The summed E-state index contributed by atoms with van der Waals surface area (Å²) in [6, 6.07) is 6.11. The molecule has 3 N–H and O–H groups in total. The molecule has 0 spiro atoms. The molecule has 0 atom stereocenters. The van der Waals surface area contributed by atoms with E-state index in [0.29, 0.717) is 4.31 Å². The molecular weight excluding hydrogens is 334 g/mol. The Labute approximate surface area is 127 Å². The highest BCUT2D eigenvalue weighted by Crippen LogP contribution is 2.36. The third-order valence-corrected chi connectivity index (χ3v) is 4.88. The van der Waals surface area contributed by atoms with Crippen molar-refractivity contribution in [1.29, 1.82) is 0 Å². The maximum atomic E-state index is 11.4. The molecule has 8 nitrogen and oxygen atoms in total. The number of hydrogen-bond acceptors (Lipinski definition) is 5. The van der Waals surface area contributed by atoms with Gasteiger partial charge < -0.3 is 5.11 Å². The molecule has 0 fully saturated rings. The lowest BCUT2D eigenvalue weighted by atomic mass is 10.1. The number of benzene rings is 2. The molecule has 2 rings (SSSR count). The lowest BCUT2D eigenvalue weighted by Gasteiger charge is -2.21. The number of fused-ring (bicyclic) bond motifs is 1. The minimum Gasteiger partial charge on any atom is -0.507 e. The van der Waals surface area contributed by atoms with Gasteiger partial charge in [0.1, 0.15) is 5.75 Å². The first kappa shape index (κ1) is 16.5. The largest absolute Gasteiger partial charge is 0.507 e. The Morgan fingerprint density at radius 3 is 2.23 bits per heavy atom. The van der Waals surface area contributed by atoms with E-state index in [2.05, 4.69) is 0 Å². The molecular formula is C12H13NO7S2. The van der Waals surface area contributed by atoms with Gasteiger partial charge in [-0.1, -0.05) is 12.1 Å². The number of phenols is 1. The van der Waals surface area contributed by atoms with Gasteiger partial charge in [-0.3, -0.25) is 9.11 Å². The van der Waals surface area contributed by atoms with Crippen LogP contribution in [0.15, 0.2) is 35.2 Å². The van der Waals surface area contributed by atoms with E-state index in [-0.39, 0.29) is 23.0 Å². The highest BCUT2D eigenvalue weighted by atomic mass is 32.2. The average molecular weight is 347 g/mol. The van der Waals surface area contributed by atoms with Crippen LogP contribution in [0, 0.1) is 0 Å². The predicted octanol–water partition coefficient (Wildman–Crippen LogP) is 1.42. The van der Waals surface area contributed by atoms with E-state index in [1.165, 1.54) is 25.1 Å². The molecule has 0 aromatic heterocycles. The van der Waals surface area contributed by atoms with Gasteiger partial charge in [-0.25, -0.2) is 4.31 Å². The monoisotopic (exact) mass is 347 g/mol. The lowest BCUT2D eigenvalue weighted by molar-refractivity contribution is 0.470. The fraction of sp³-hybridized carbons (Fsp3) is 0.167. The summed E-state index contributed by atoms with van der Waals surface area (Å²) in [7, 11) is -9.09. The molecule has 0 aliphatic heterocycles. The zero-order valence-electron chi connectivity index (χ0n) is 11.3. The summed E-state index contributed by atoms with van der Waals surface area (Å²) in [6.07, 6.45) is 0. The number of rotatable bonds is 4. The minimum absolute atomic E-state index is 0.0121. The van der Waals surface area contributed by atoms with Crippen LogP contribution in [0.5, 0.6) is 5.75 Å². The van der Waals surface area contributed by atoms with Crippen molar-refractivity contribution in [3.05, 3.63) is 30.3 Å². The molecule has 0 saturated carbocycles. The Balaban J connectivity index is 2.85. The van der Waals surface area contributed by atoms with Crippen LogP contribution in [0.3, 0.4) is 0 Å². The van der Waals surface area contributed by atoms with E-state index in [1.807, 2.05) is 0 Å².